The van der Waals surface area contributed by atoms with E-state index >= 15 is 0 Å². The fourth-order valence-electron chi connectivity index (χ4n) is 1.66. The van der Waals surface area contributed by atoms with E-state index in [9.17, 15) is 4.79 Å². The third-order valence-corrected chi connectivity index (χ3v) is 2.49. The van der Waals surface area contributed by atoms with Gasteiger partial charge in [0, 0.05) is 31.4 Å². The molecule has 0 unspecified atom stereocenters. The van der Waals surface area contributed by atoms with Crippen molar-refractivity contribution in [2.75, 3.05) is 26.8 Å². The van der Waals surface area contributed by atoms with Gasteiger partial charge in [0.05, 0.1) is 6.54 Å². The minimum Gasteiger partial charge on any atom is -0.385 e. The first kappa shape index (κ1) is 15.2. The van der Waals surface area contributed by atoms with E-state index in [1.807, 2.05) is 19.1 Å². The Balaban J connectivity index is 2.71. The van der Waals surface area contributed by atoms with E-state index in [0.717, 1.165) is 17.5 Å². The molecule has 0 fully saturated rings. The topological polar surface area (TPSA) is 64.3 Å². The van der Waals surface area contributed by atoms with Crippen molar-refractivity contribution in [3.05, 3.63) is 34.9 Å². The molecule has 0 bridgehead atoms. The van der Waals surface area contributed by atoms with E-state index in [1.165, 1.54) is 0 Å². The number of nitrogens with two attached hydrogens (primary N) is 1. The quantitative estimate of drug-likeness (QED) is 0.615. The van der Waals surface area contributed by atoms with E-state index in [-0.39, 0.29) is 5.91 Å². The average molecular weight is 260 g/mol. The van der Waals surface area contributed by atoms with Gasteiger partial charge in [0.2, 0.25) is 0 Å². The molecule has 19 heavy (non-hydrogen) atoms. The minimum absolute atomic E-state index is 0.0874. The molecule has 0 aliphatic rings. The van der Waals surface area contributed by atoms with Crippen LogP contribution in [-0.4, -0.2) is 32.7 Å². The summed E-state index contributed by atoms with van der Waals surface area (Å²) in [4.78, 5) is 12.0. The van der Waals surface area contributed by atoms with Crippen LogP contribution in [-0.2, 0) is 4.74 Å². The van der Waals surface area contributed by atoms with Crippen LogP contribution in [0.3, 0.4) is 0 Å². The molecule has 1 rings (SSSR count). The molecule has 0 aliphatic carbocycles. The molecule has 0 radical (unpaired) electrons. The molecule has 4 heteroatoms. The summed E-state index contributed by atoms with van der Waals surface area (Å²) in [6.45, 7) is 3.49. The van der Waals surface area contributed by atoms with Crippen LogP contribution in [0.1, 0.15) is 27.9 Å². The zero-order valence-electron chi connectivity index (χ0n) is 11.5. The lowest BCUT2D eigenvalue weighted by molar-refractivity contribution is 0.0948. The molecule has 0 saturated carbocycles. The van der Waals surface area contributed by atoms with Crippen molar-refractivity contribution < 1.29 is 9.53 Å². The number of hydrogen-bond acceptors (Lipinski definition) is 3. The molecule has 0 aromatic heterocycles. The van der Waals surface area contributed by atoms with E-state index < -0.39 is 0 Å². The number of methoxy groups -OCH3 is 1. The second kappa shape index (κ2) is 8.30. The number of hydrogen-bond donors (Lipinski definition) is 2. The summed E-state index contributed by atoms with van der Waals surface area (Å²) in [7, 11) is 1.64. The number of nitrogens with one attached hydrogen (secondary N) is 1. The lowest BCUT2D eigenvalue weighted by atomic mass is 10.1. The van der Waals surface area contributed by atoms with Gasteiger partial charge in [-0.1, -0.05) is 11.8 Å². The first-order valence-electron chi connectivity index (χ1n) is 6.25. The Labute approximate surface area is 114 Å². The predicted octanol–water partition coefficient (Wildman–Crippen LogP) is 1.07. The minimum atomic E-state index is -0.0874. The Morgan fingerprint density at radius 1 is 1.42 bits per heavy atom. The summed E-state index contributed by atoms with van der Waals surface area (Å²) in [5.41, 5.74) is 7.78. The summed E-state index contributed by atoms with van der Waals surface area (Å²) in [5, 5.41) is 2.85. The van der Waals surface area contributed by atoms with Gasteiger partial charge in [0.25, 0.3) is 5.91 Å². The largest absolute Gasteiger partial charge is 0.385 e. The van der Waals surface area contributed by atoms with Gasteiger partial charge < -0.3 is 15.8 Å². The second-order valence-electron chi connectivity index (χ2n) is 4.20. The Morgan fingerprint density at radius 2 is 2.21 bits per heavy atom. The zero-order chi connectivity index (χ0) is 14.1. The van der Waals surface area contributed by atoms with Crippen LogP contribution in [0.4, 0.5) is 0 Å². The molecule has 1 aromatic rings. The second-order valence-corrected chi connectivity index (χ2v) is 4.20. The summed E-state index contributed by atoms with van der Waals surface area (Å²) in [6, 6.07) is 5.56. The molecule has 0 spiro atoms. The van der Waals surface area contributed by atoms with Crippen LogP contribution in [0, 0.1) is 18.8 Å². The van der Waals surface area contributed by atoms with Crippen LogP contribution in [0.2, 0.25) is 0 Å². The highest BCUT2D eigenvalue weighted by molar-refractivity contribution is 5.94. The molecule has 4 nitrogen and oxygen atoms in total. The summed E-state index contributed by atoms with van der Waals surface area (Å²) in [6.07, 6.45) is 0.799. The van der Waals surface area contributed by atoms with Gasteiger partial charge in [0.1, 0.15) is 0 Å². The number of amides is 1. The van der Waals surface area contributed by atoms with E-state index in [0.29, 0.717) is 25.3 Å². The maximum Gasteiger partial charge on any atom is 0.251 e. The molecule has 0 atom stereocenters. The van der Waals surface area contributed by atoms with Gasteiger partial charge in [-0.2, -0.15) is 0 Å². The Kier molecular flexibility index (Phi) is 6.65. The van der Waals surface area contributed by atoms with Gasteiger partial charge in [0.15, 0.2) is 0 Å². The fraction of sp³-hybridized carbons (Fsp3) is 0.400. The third kappa shape index (κ3) is 5.56. The smallest absolute Gasteiger partial charge is 0.251 e. The van der Waals surface area contributed by atoms with Crippen LogP contribution in [0.25, 0.3) is 0 Å². The van der Waals surface area contributed by atoms with Crippen molar-refractivity contribution in [1.82, 2.24) is 5.32 Å². The van der Waals surface area contributed by atoms with E-state index in [1.54, 1.807) is 13.2 Å². The third-order valence-electron chi connectivity index (χ3n) is 2.49. The Bertz CT molecular complexity index is 487. The Morgan fingerprint density at radius 3 is 2.89 bits per heavy atom. The maximum absolute atomic E-state index is 12.0. The van der Waals surface area contributed by atoms with Crippen molar-refractivity contribution in [3.63, 3.8) is 0 Å². The molecule has 0 saturated heterocycles. The monoisotopic (exact) mass is 260 g/mol. The molecular weight excluding hydrogens is 240 g/mol. The van der Waals surface area contributed by atoms with Crippen LogP contribution in [0.5, 0.6) is 0 Å². The summed E-state index contributed by atoms with van der Waals surface area (Å²) < 4.78 is 4.93. The number of ether oxygens (including phenoxy) is 1. The first-order valence-corrected chi connectivity index (χ1v) is 6.25. The van der Waals surface area contributed by atoms with Crippen molar-refractivity contribution in [3.8, 4) is 11.8 Å². The average Bonchev–Trinajstić information content (AvgIpc) is 2.40. The van der Waals surface area contributed by atoms with Crippen molar-refractivity contribution in [2.24, 2.45) is 5.73 Å². The highest BCUT2D eigenvalue weighted by Gasteiger charge is 2.06. The van der Waals surface area contributed by atoms with E-state index in [4.69, 9.17) is 10.5 Å². The highest BCUT2D eigenvalue weighted by Crippen LogP contribution is 2.09. The van der Waals surface area contributed by atoms with Crippen molar-refractivity contribution in [1.29, 1.82) is 0 Å². The zero-order valence-corrected chi connectivity index (χ0v) is 11.5. The maximum atomic E-state index is 12.0. The number of benzene rings is 1. The molecule has 102 valence electrons. The van der Waals surface area contributed by atoms with Gasteiger partial charge >= 0.3 is 0 Å². The number of rotatable bonds is 5. The van der Waals surface area contributed by atoms with Gasteiger partial charge in [-0.25, -0.2) is 0 Å². The normalized spacial score (nSPS) is 9.63. The number of carbonyl (C=O) groups is 1. The van der Waals surface area contributed by atoms with Crippen LogP contribution < -0.4 is 11.1 Å². The standard InChI is InChI=1S/C15H20N2O2/c1-12-9-13(5-3-6-16)11-14(10-12)15(18)17-7-4-8-19-2/h9-11H,4,6-8,16H2,1-2H3,(H,17,18). The molecule has 1 aromatic carbocycles. The molecule has 0 heterocycles. The lowest BCUT2D eigenvalue weighted by Gasteiger charge is -2.06. The van der Waals surface area contributed by atoms with Crippen molar-refractivity contribution >= 4 is 5.91 Å². The van der Waals surface area contributed by atoms with Crippen LogP contribution >= 0.6 is 0 Å². The molecule has 3 N–H and O–H groups in total. The number of aryl methyl sites for hydroxylation is 1. The highest BCUT2D eigenvalue weighted by atomic mass is 16.5. The fourth-order valence-corrected chi connectivity index (χ4v) is 1.66. The predicted molar refractivity (Wildman–Crippen MR) is 75.9 cm³/mol. The summed E-state index contributed by atoms with van der Waals surface area (Å²) in [5.74, 6) is 5.64. The molecule has 0 aliphatic heterocycles. The summed E-state index contributed by atoms with van der Waals surface area (Å²) >= 11 is 0. The molecule has 1 amide bonds. The van der Waals surface area contributed by atoms with Gasteiger partial charge in [-0.05, 0) is 37.1 Å². The SMILES string of the molecule is COCCCNC(=O)c1cc(C)cc(C#CCN)c1. The van der Waals surface area contributed by atoms with Gasteiger partial charge in [-0.15, -0.1) is 0 Å². The lowest BCUT2D eigenvalue weighted by Crippen LogP contribution is -2.25. The van der Waals surface area contributed by atoms with Crippen LogP contribution in [0.15, 0.2) is 18.2 Å². The Hall–Kier alpha value is -1.83. The van der Waals surface area contributed by atoms with Gasteiger partial charge in [-0.3, -0.25) is 4.79 Å². The molecular formula is C15H20N2O2. The van der Waals surface area contributed by atoms with E-state index in [2.05, 4.69) is 17.2 Å². The number of carbonyl (C=O) groups excluding carboxylic acids is 1. The van der Waals surface area contributed by atoms with Crippen molar-refractivity contribution in [2.45, 2.75) is 13.3 Å². The first-order chi connectivity index (χ1) is 9.17.